The molecule has 0 aromatic carbocycles. The van der Waals surface area contributed by atoms with Gasteiger partial charge in [0.2, 0.25) is 0 Å². The second kappa shape index (κ2) is 3.51. The Balaban J connectivity index is 3.16. The maximum absolute atomic E-state index is 9.46. The summed E-state index contributed by atoms with van der Waals surface area (Å²) >= 11 is 0. The van der Waals surface area contributed by atoms with E-state index in [0.29, 0.717) is 5.28 Å². The van der Waals surface area contributed by atoms with Gasteiger partial charge < -0.3 is 0 Å². The van der Waals surface area contributed by atoms with Crippen LogP contribution in [0, 0.1) is 4.91 Å². The van der Waals surface area contributed by atoms with Crippen molar-refractivity contribution in [1.82, 2.24) is 10.7 Å². The Bertz CT molecular complexity index is 52.9. The van der Waals surface area contributed by atoms with Crippen molar-refractivity contribution in [2.24, 2.45) is 5.29 Å². The zero-order valence-corrected chi connectivity index (χ0v) is 4.21. The molecule has 0 unspecified atom stereocenters. The summed E-state index contributed by atoms with van der Waals surface area (Å²) in [5.41, 5.74) is 2.33. The van der Waals surface area contributed by atoms with E-state index in [4.69, 9.17) is 0 Å². The number of nitrogens with zero attached hydrogens (tertiary/aromatic N) is 2. The van der Waals surface area contributed by atoms with Crippen LogP contribution in [-0.2, 0) is 4.84 Å². The topological polar surface area (TPSA) is 53.9 Å². The predicted octanol–water partition coefficient (Wildman–Crippen LogP) is -0.334. The summed E-state index contributed by atoms with van der Waals surface area (Å²) in [6.45, 7) is 0. The molecule has 5 nitrogen and oxygen atoms in total. The lowest BCUT2D eigenvalue weighted by Crippen LogP contribution is -2.27. The van der Waals surface area contributed by atoms with Crippen molar-refractivity contribution in [3.8, 4) is 0 Å². The molecule has 0 aliphatic rings. The molecule has 5 heteroatoms. The van der Waals surface area contributed by atoms with Gasteiger partial charge in [-0.05, 0) is 0 Å². The van der Waals surface area contributed by atoms with Crippen LogP contribution >= 0.6 is 0 Å². The number of rotatable bonds is 3. The van der Waals surface area contributed by atoms with Crippen molar-refractivity contribution >= 4 is 0 Å². The van der Waals surface area contributed by atoms with Crippen LogP contribution in [0.1, 0.15) is 0 Å². The number of nitrogens with one attached hydrogen (secondary N) is 1. The minimum absolute atomic E-state index is 0.694. The molecule has 0 bridgehead atoms. The number of nitroso groups, excluding NO2 is 1. The molecule has 0 fully saturated rings. The smallest absolute Gasteiger partial charge is 0.0962 e. The maximum Gasteiger partial charge on any atom is 0.0962 e. The van der Waals surface area contributed by atoms with Gasteiger partial charge in [0, 0.05) is 7.05 Å². The fraction of sp³-hybridized carbons (Fsp3) is 1.00. The van der Waals surface area contributed by atoms with E-state index in [1.165, 1.54) is 14.2 Å². The monoisotopic (exact) mass is 105 g/mol. The molecule has 0 amide bonds. The third-order valence-electron chi connectivity index (χ3n) is 0.438. The predicted molar refractivity (Wildman–Crippen MR) is 23.7 cm³/mol. The van der Waals surface area contributed by atoms with Crippen molar-refractivity contribution in [2.75, 3.05) is 14.2 Å². The summed E-state index contributed by atoms with van der Waals surface area (Å²) in [4.78, 5) is 13.7. The van der Waals surface area contributed by atoms with Crippen molar-refractivity contribution < 1.29 is 4.84 Å². The van der Waals surface area contributed by atoms with Crippen molar-refractivity contribution in [1.29, 1.82) is 0 Å². The Kier molecular flexibility index (Phi) is 3.17. The molecule has 0 saturated heterocycles. The van der Waals surface area contributed by atoms with Gasteiger partial charge in [-0.2, -0.15) is 5.43 Å². The van der Waals surface area contributed by atoms with Gasteiger partial charge in [0.25, 0.3) is 0 Å². The second-order valence-electron chi connectivity index (χ2n) is 0.761. The SMILES string of the molecule is CNN(N=O)OC. The zero-order valence-electron chi connectivity index (χ0n) is 4.21. The summed E-state index contributed by atoms with van der Waals surface area (Å²) in [5, 5.41) is 3.07. The van der Waals surface area contributed by atoms with Gasteiger partial charge >= 0.3 is 0 Å². The Labute approximate surface area is 41.1 Å². The van der Waals surface area contributed by atoms with E-state index in [1.807, 2.05) is 0 Å². The number of hydrogen-bond donors (Lipinski definition) is 1. The van der Waals surface area contributed by atoms with Crippen molar-refractivity contribution in [3.63, 3.8) is 0 Å². The normalized spacial score (nSPS) is 8.29. The van der Waals surface area contributed by atoms with Crippen LogP contribution < -0.4 is 5.43 Å². The van der Waals surface area contributed by atoms with E-state index in [1.54, 1.807) is 0 Å². The number of hydrazine groups is 1. The van der Waals surface area contributed by atoms with E-state index >= 15 is 0 Å². The molecule has 0 spiro atoms. The molecule has 0 aromatic heterocycles. The Morgan fingerprint density at radius 1 is 1.86 bits per heavy atom. The lowest BCUT2D eigenvalue weighted by Gasteiger charge is -2.06. The largest absolute Gasteiger partial charge is 0.243 e. The fourth-order valence-corrected chi connectivity index (χ4v) is 0.165. The minimum Gasteiger partial charge on any atom is -0.243 e. The van der Waals surface area contributed by atoms with Crippen LogP contribution in [0.3, 0.4) is 0 Å². The average Bonchev–Trinajstić information content (AvgIpc) is 1.72. The van der Waals surface area contributed by atoms with E-state index in [0.717, 1.165) is 0 Å². The van der Waals surface area contributed by atoms with E-state index < -0.39 is 0 Å². The molecule has 7 heavy (non-hydrogen) atoms. The lowest BCUT2D eigenvalue weighted by atomic mass is 11.5. The molecule has 0 aliphatic carbocycles. The Hall–Kier alpha value is -0.680. The Morgan fingerprint density at radius 3 is 2.43 bits per heavy atom. The van der Waals surface area contributed by atoms with Gasteiger partial charge in [-0.15, -0.1) is 4.91 Å². The van der Waals surface area contributed by atoms with Crippen molar-refractivity contribution in [3.05, 3.63) is 4.91 Å². The van der Waals surface area contributed by atoms with Crippen molar-refractivity contribution in [2.45, 2.75) is 0 Å². The van der Waals surface area contributed by atoms with Gasteiger partial charge in [-0.25, -0.2) is 4.84 Å². The van der Waals surface area contributed by atoms with Gasteiger partial charge in [0.15, 0.2) is 0 Å². The van der Waals surface area contributed by atoms with Crippen LogP contribution in [0.2, 0.25) is 0 Å². The Morgan fingerprint density at radius 2 is 2.43 bits per heavy atom. The zero-order chi connectivity index (χ0) is 5.70. The van der Waals surface area contributed by atoms with Crippen LogP contribution in [0.25, 0.3) is 0 Å². The highest BCUT2D eigenvalue weighted by atomic mass is 16.7. The molecular formula is C2H7N3O2. The summed E-state index contributed by atoms with van der Waals surface area (Å²) in [5.74, 6) is 0. The molecule has 0 atom stereocenters. The summed E-state index contributed by atoms with van der Waals surface area (Å²) < 4.78 is 0. The summed E-state index contributed by atoms with van der Waals surface area (Å²) in [7, 11) is 2.85. The summed E-state index contributed by atoms with van der Waals surface area (Å²) in [6.07, 6.45) is 0. The molecule has 0 aliphatic heterocycles. The highest BCUT2D eigenvalue weighted by Gasteiger charge is 1.88. The third kappa shape index (κ3) is 2.07. The second-order valence-corrected chi connectivity index (χ2v) is 0.761. The first kappa shape index (κ1) is 6.32. The van der Waals surface area contributed by atoms with Crippen LogP contribution in [0.15, 0.2) is 5.29 Å². The fourth-order valence-electron chi connectivity index (χ4n) is 0.165. The van der Waals surface area contributed by atoms with E-state index in [9.17, 15) is 4.91 Å². The molecular weight excluding hydrogens is 98.0 g/mol. The highest BCUT2D eigenvalue weighted by Crippen LogP contribution is 1.75. The van der Waals surface area contributed by atoms with Gasteiger partial charge in [0.1, 0.15) is 0 Å². The molecule has 0 rings (SSSR count). The van der Waals surface area contributed by atoms with Crippen LogP contribution in [-0.4, -0.2) is 19.4 Å². The van der Waals surface area contributed by atoms with E-state index in [-0.39, 0.29) is 0 Å². The maximum atomic E-state index is 9.46. The quantitative estimate of drug-likeness (QED) is 0.394. The minimum atomic E-state index is 0.694. The first-order valence-corrected chi connectivity index (χ1v) is 1.70. The standard InChI is InChI=1S/C2H7N3O2/c1-3-5(4-6)7-2/h3H,1-2H3. The molecule has 1 N–H and O–H groups in total. The molecule has 0 heterocycles. The number of hydrogen-bond acceptors (Lipinski definition) is 4. The molecule has 0 saturated carbocycles. The first-order chi connectivity index (χ1) is 3.35. The highest BCUT2D eigenvalue weighted by molar-refractivity contribution is 4.11. The van der Waals surface area contributed by atoms with Crippen LogP contribution in [0.4, 0.5) is 0 Å². The van der Waals surface area contributed by atoms with Gasteiger partial charge in [-0.1, -0.05) is 5.28 Å². The molecule has 0 aromatic rings. The molecule has 0 radical (unpaired) electrons. The van der Waals surface area contributed by atoms with Crippen LogP contribution in [0.5, 0.6) is 0 Å². The van der Waals surface area contributed by atoms with Gasteiger partial charge in [0.05, 0.1) is 12.4 Å². The lowest BCUT2D eigenvalue weighted by molar-refractivity contribution is -0.167. The first-order valence-electron chi connectivity index (χ1n) is 1.70. The third-order valence-corrected chi connectivity index (χ3v) is 0.438. The average molecular weight is 105 g/mol. The molecule has 42 valence electrons. The van der Waals surface area contributed by atoms with E-state index in [2.05, 4.69) is 15.5 Å². The summed E-state index contributed by atoms with van der Waals surface area (Å²) in [6, 6.07) is 0. The van der Waals surface area contributed by atoms with Gasteiger partial charge in [-0.3, -0.25) is 0 Å².